The molecule has 1 fully saturated rings. The quantitative estimate of drug-likeness (QED) is 0.882. The van der Waals surface area contributed by atoms with E-state index in [9.17, 15) is 4.79 Å². The van der Waals surface area contributed by atoms with E-state index in [2.05, 4.69) is 22.5 Å². The minimum atomic E-state index is 0. The number of pyridine rings is 1. The van der Waals surface area contributed by atoms with Crippen molar-refractivity contribution in [3.8, 4) is 0 Å². The van der Waals surface area contributed by atoms with E-state index in [-0.39, 0.29) is 24.4 Å². The normalized spacial score (nSPS) is 20.2. The van der Waals surface area contributed by atoms with Crippen LogP contribution >= 0.6 is 12.4 Å². The van der Waals surface area contributed by atoms with Crippen LogP contribution in [0.1, 0.15) is 25.3 Å². The van der Waals surface area contributed by atoms with Gasteiger partial charge in [-0.25, -0.2) is 0 Å². The van der Waals surface area contributed by atoms with E-state index < -0.39 is 0 Å². The topological polar surface area (TPSA) is 54.0 Å². The van der Waals surface area contributed by atoms with Crippen molar-refractivity contribution >= 4 is 18.3 Å². The van der Waals surface area contributed by atoms with Gasteiger partial charge in [0.2, 0.25) is 5.91 Å². The monoisotopic (exact) mass is 283 g/mol. The summed E-state index contributed by atoms with van der Waals surface area (Å²) in [5.41, 5.74) is 0.962. The maximum Gasteiger partial charge on any atom is 0.224 e. The summed E-state index contributed by atoms with van der Waals surface area (Å²) in [6, 6.07) is 4.03. The van der Waals surface area contributed by atoms with Crippen molar-refractivity contribution in [2.24, 2.45) is 5.92 Å². The smallest absolute Gasteiger partial charge is 0.224 e. The van der Waals surface area contributed by atoms with Crippen molar-refractivity contribution in [1.82, 2.24) is 15.6 Å². The number of carbonyl (C=O) groups is 1. The predicted molar refractivity (Wildman–Crippen MR) is 78.4 cm³/mol. The fourth-order valence-electron chi connectivity index (χ4n) is 2.42. The number of piperidine rings is 1. The number of aromatic nitrogens is 1. The Kier molecular flexibility index (Phi) is 6.81. The summed E-state index contributed by atoms with van der Waals surface area (Å²) in [5, 5.41) is 6.47. The zero-order chi connectivity index (χ0) is 12.8. The highest BCUT2D eigenvalue weighted by Crippen LogP contribution is 2.14. The second-order valence-corrected chi connectivity index (χ2v) is 5.00. The van der Waals surface area contributed by atoms with Crippen molar-refractivity contribution in [1.29, 1.82) is 0 Å². The molecule has 0 aromatic carbocycles. The zero-order valence-electron chi connectivity index (χ0n) is 11.3. The lowest BCUT2D eigenvalue weighted by Crippen LogP contribution is -2.45. The molecule has 1 aliphatic heterocycles. The second-order valence-electron chi connectivity index (χ2n) is 5.00. The predicted octanol–water partition coefficient (Wildman–Crippen LogP) is 1.55. The van der Waals surface area contributed by atoms with Crippen molar-refractivity contribution < 1.29 is 4.79 Å². The molecule has 4 nitrogen and oxygen atoms in total. The second kappa shape index (κ2) is 8.12. The number of hydrogen-bond acceptors (Lipinski definition) is 3. The molecular weight excluding hydrogens is 262 g/mol. The number of rotatable bonds is 4. The maximum absolute atomic E-state index is 11.9. The molecule has 0 spiro atoms. The SMILES string of the molecule is CC(NC(=O)Cc1cccnc1)C1CCCNC1.Cl. The molecule has 106 valence electrons. The van der Waals surface area contributed by atoms with E-state index in [1.54, 1.807) is 12.4 Å². The Morgan fingerprint density at radius 1 is 1.63 bits per heavy atom. The molecule has 1 aromatic rings. The van der Waals surface area contributed by atoms with E-state index in [0.29, 0.717) is 12.3 Å². The molecule has 2 atom stereocenters. The lowest BCUT2D eigenvalue weighted by molar-refractivity contribution is -0.121. The summed E-state index contributed by atoms with van der Waals surface area (Å²) in [4.78, 5) is 15.9. The highest BCUT2D eigenvalue weighted by atomic mass is 35.5. The van der Waals surface area contributed by atoms with Gasteiger partial charge >= 0.3 is 0 Å². The van der Waals surface area contributed by atoms with Gasteiger partial charge in [-0.15, -0.1) is 12.4 Å². The van der Waals surface area contributed by atoms with E-state index >= 15 is 0 Å². The number of carbonyl (C=O) groups excluding carboxylic acids is 1. The molecule has 19 heavy (non-hydrogen) atoms. The molecule has 0 bridgehead atoms. The first kappa shape index (κ1) is 15.9. The number of nitrogens with one attached hydrogen (secondary N) is 2. The Morgan fingerprint density at radius 3 is 3.11 bits per heavy atom. The van der Waals surface area contributed by atoms with Gasteiger partial charge in [-0.05, 0) is 50.4 Å². The summed E-state index contributed by atoms with van der Waals surface area (Å²) in [6.07, 6.45) is 6.28. The van der Waals surface area contributed by atoms with Gasteiger partial charge < -0.3 is 10.6 Å². The molecule has 0 radical (unpaired) electrons. The van der Waals surface area contributed by atoms with Crippen LogP contribution in [0.3, 0.4) is 0 Å². The molecule has 5 heteroatoms. The highest BCUT2D eigenvalue weighted by Gasteiger charge is 2.21. The average Bonchev–Trinajstić information content (AvgIpc) is 2.40. The lowest BCUT2D eigenvalue weighted by atomic mass is 9.92. The third-order valence-electron chi connectivity index (χ3n) is 3.52. The summed E-state index contributed by atoms with van der Waals surface area (Å²) < 4.78 is 0. The van der Waals surface area contributed by atoms with Gasteiger partial charge in [0.1, 0.15) is 0 Å². The van der Waals surface area contributed by atoms with Crippen molar-refractivity contribution in [3.05, 3.63) is 30.1 Å². The standard InChI is InChI=1S/C14H21N3O.ClH/c1-11(13-5-3-7-16-10-13)17-14(18)8-12-4-2-6-15-9-12;/h2,4,6,9,11,13,16H,3,5,7-8,10H2,1H3,(H,17,18);1H. The first-order valence-electron chi connectivity index (χ1n) is 6.64. The molecule has 2 unspecified atom stereocenters. The Morgan fingerprint density at radius 2 is 2.47 bits per heavy atom. The Labute approximate surface area is 120 Å². The van der Waals surface area contributed by atoms with Crippen LogP contribution in [-0.4, -0.2) is 30.0 Å². The largest absolute Gasteiger partial charge is 0.353 e. The van der Waals surface area contributed by atoms with Crippen LogP contribution in [0.5, 0.6) is 0 Å². The molecule has 0 saturated carbocycles. The molecular formula is C14H22ClN3O. The summed E-state index contributed by atoms with van der Waals surface area (Å²) in [5.74, 6) is 0.637. The first-order chi connectivity index (χ1) is 8.75. The van der Waals surface area contributed by atoms with Gasteiger partial charge in [0.25, 0.3) is 0 Å². The minimum absolute atomic E-state index is 0. The summed E-state index contributed by atoms with van der Waals surface area (Å²) >= 11 is 0. The van der Waals surface area contributed by atoms with Crippen molar-refractivity contribution in [3.63, 3.8) is 0 Å². The number of hydrogen-bond donors (Lipinski definition) is 2. The highest BCUT2D eigenvalue weighted by molar-refractivity contribution is 5.85. The Balaban J connectivity index is 0.00000180. The fourth-order valence-corrected chi connectivity index (χ4v) is 2.42. The van der Waals surface area contributed by atoms with Gasteiger partial charge in [-0.2, -0.15) is 0 Å². The first-order valence-corrected chi connectivity index (χ1v) is 6.64. The summed E-state index contributed by atoms with van der Waals surface area (Å²) in [7, 11) is 0. The van der Waals surface area contributed by atoms with Crippen LogP contribution in [0.4, 0.5) is 0 Å². The van der Waals surface area contributed by atoms with Crippen LogP contribution in [0.25, 0.3) is 0 Å². The van der Waals surface area contributed by atoms with Gasteiger partial charge in [-0.3, -0.25) is 9.78 Å². The average molecular weight is 284 g/mol. The summed E-state index contributed by atoms with van der Waals surface area (Å²) in [6.45, 7) is 4.21. The van der Waals surface area contributed by atoms with Gasteiger partial charge in [0, 0.05) is 18.4 Å². The van der Waals surface area contributed by atoms with Crippen LogP contribution < -0.4 is 10.6 Å². The van der Waals surface area contributed by atoms with E-state index in [1.807, 2.05) is 12.1 Å². The molecule has 2 rings (SSSR count). The molecule has 2 heterocycles. The van der Waals surface area contributed by atoms with E-state index in [0.717, 1.165) is 18.7 Å². The van der Waals surface area contributed by atoms with Gasteiger partial charge in [0.15, 0.2) is 0 Å². The zero-order valence-corrected chi connectivity index (χ0v) is 12.1. The van der Waals surface area contributed by atoms with Gasteiger partial charge in [-0.1, -0.05) is 6.07 Å². The van der Waals surface area contributed by atoms with Crippen LogP contribution in [0.15, 0.2) is 24.5 Å². The molecule has 1 saturated heterocycles. The number of nitrogens with zero attached hydrogens (tertiary/aromatic N) is 1. The van der Waals surface area contributed by atoms with E-state index in [4.69, 9.17) is 0 Å². The molecule has 2 N–H and O–H groups in total. The van der Waals surface area contributed by atoms with Crippen LogP contribution in [0.2, 0.25) is 0 Å². The lowest BCUT2D eigenvalue weighted by Gasteiger charge is -2.28. The van der Waals surface area contributed by atoms with Crippen LogP contribution in [-0.2, 0) is 11.2 Å². The van der Waals surface area contributed by atoms with Gasteiger partial charge in [0.05, 0.1) is 6.42 Å². The number of halogens is 1. The molecule has 1 aromatic heterocycles. The van der Waals surface area contributed by atoms with Crippen LogP contribution in [0, 0.1) is 5.92 Å². The third kappa shape index (κ3) is 5.17. The molecule has 1 aliphatic rings. The Bertz CT molecular complexity index is 380. The van der Waals surface area contributed by atoms with E-state index in [1.165, 1.54) is 12.8 Å². The fraction of sp³-hybridized carbons (Fsp3) is 0.571. The molecule has 0 aliphatic carbocycles. The van der Waals surface area contributed by atoms with Crippen molar-refractivity contribution in [2.45, 2.75) is 32.2 Å². The number of amides is 1. The Hall–Kier alpha value is -1.13. The maximum atomic E-state index is 11.9. The molecule has 1 amide bonds. The van der Waals surface area contributed by atoms with Crippen molar-refractivity contribution in [2.75, 3.05) is 13.1 Å². The minimum Gasteiger partial charge on any atom is -0.353 e. The third-order valence-corrected chi connectivity index (χ3v) is 3.52.